The summed E-state index contributed by atoms with van der Waals surface area (Å²) in [6.45, 7) is 9.87. The van der Waals surface area contributed by atoms with Crippen molar-refractivity contribution in [3.05, 3.63) is 29.6 Å². The summed E-state index contributed by atoms with van der Waals surface area (Å²) in [6.07, 6.45) is 3.73. The van der Waals surface area contributed by atoms with Crippen LogP contribution in [0.2, 0.25) is 0 Å². The van der Waals surface area contributed by atoms with Crippen LogP contribution in [0.5, 0.6) is 0 Å². The number of nitrogens with zero attached hydrogens (tertiary/aromatic N) is 2. The lowest BCUT2D eigenvalue weighted by Gasteiger charge is -2.40. The van der Waals surface area contributed by atoms with E-state index in [0.717, 1.165) is 25.3 Å². The van der Waals surface area contributed by atoms with Crippen LogP contribution < -0.4 is 5.32 Å². The summed E-state index contributed by atoms with van der Waals surface area (Å²) in [5, 5.41) is 3.67. The Morgan fingerprint density at radius 1 is 1.37 bits per heavy atom. The second-order valence-electron chi connectivity index (χ2n) is 5.66. The van der Waals surface area contributed by atoms with E-state index in [4.69, 9.17) is 0 Å². The molecule has 2 heterocycles. The first-order valence-corrected chi connectivity index (χ1v) is 7.62. The minimum Gasteiger partial charge on any atom is -0.311 e. The Morgan fingerprint density at radius 3 is 2.89 bits per heavy atom. The van der Waals surface area contributed by atoms with Gasteiger partial charge in [0.15, 0.2) is 0 Å². The first-order chi connectivity index (χ1) is 9.22. The Labute approximate surface area is 117 Å². The Kier molecular flexibility index (Phi) is 5.34. The fraction of sp³-hybridized carbons (Fsp3) is 0.688. The number of aryl methyl sites for hydroxylation is 1. The van der Waals surface area contributed by atoms with Crippen LogP contribution in [0.15, 0.2) is 18.2 Å². The van der Waals surface area contributed by atoms with Crippen molar-refractivity contribution in [3.63, 3.8) is 0 Å². The van der Waals surface area contributed by atoms with Gasteiger partial charge in [0.1, 0.15) is 0 Å². The molecule has 3 heteroatoms. The second kappa shape index (κ2) is 7.01. The van der Waals surface area contributed by atoms with Crippen molar-refractivity contribution in [1.29, 1.82) is 0 Å². The molecule has 3 nitrogen and oxygen atoms in total. The highest BCUT2D eigenvalue weighted by molar-refractivity contribution is 5.10. The number of rotatable bonds is 5. The highest BCUT2D eigenvalue weighted by Crippen LogP contribution is 2.16. The van der Waals surface area contributed by atoms with E-state index in [2.05, 4.69) is 54.2 Å². The van der Waals surface area contributed by atoms with Gasteiger partial charge in [-0.25, -0.2) is 0 Å². The number of aromatic nitrogens is 1. The fourth-order valence-electron chi connectivity index (χ4n) is 2.91. The molecule has 0 amide bonds. The molecule has 1 aromatic heterocycles. The molecule has 1 fully saturated rings. The van der Waals surface area contributed by atoms with Crippen LogP contribution in [0, 0.1) is 6.92 Å². The summed E-state index contributed by atoms with van der Waals surface area (Å²) in [5.41, 5.74) is 2.32. The molecule has 2 unspecified atom stereocenters. The third-order valence-electron chi connectivity index (χ3n) is 4.04. The van der Waals surface area contributed by atoms with E-state index < -0.39 is 0 Å². The number of hydrogen-bond acceptors (Lipinski definition) is 3. The fourth-order valence-corrected chi connectivity index (χ4v) is 2.91. The van der Waals surface area contributed by atoms with Crippen LogP contribution in [0.25, 0.3) is 0 Å². The molecule has 0 aromatic carbocycles. The number of hydrogen-bond donors (Lipinski definition) is 1. The van der Waals surface area contributed by atoms with Crippen LogP contribution in [0.4, 0.5) is 0 Å². The predicted octanol–water partition coefficient (Wildman–Crippen LogP) is 2.74. The number of piperazine rings is 1. The lowest BCUT2D eigenvalue weighted by atomic mass is 10.0. The number of pyridine rings is 1. The van der Waals surface area contributed by atoms with Gasteiger partial charge in [0, 0.05) is 37.4 Å². The first kappa shape index (κ1) is 14.5. The molecule has 19 heavy (non-hydrogen) atoms. The molecule has 1 saturated heterocycles. The van der Waals surface area contributed by atoms with Crippen molar-refractivity contribution >= 4 is 0 Å². The van der Waals surface area contributed by atoms with Crippen molar-refractivity contribution in [3.8, 4) is 0 Å². The van der Waals surface area contributed by atoms with Crippen LogP contribution in [0.3, 0.4) is 0 Å². The van der Waals surface area contributed by atoms with Crippen LogP contribution in [0.1, 0.15) is 44.5 Å². The van der Waals surface area contributed by atoms with Gasteiger partial charge in [0.05, 0.1) is 5.69 Å². The zero-order valence-corrected chi connectivity index (χ0v) is 12.5. The maximum atomic E-state index is 4.65. The largest absolute Gasteiger partial charge is 0.311 e. The molecule has 0 radical (unpaired) electrons. The van der Waals surface area contributed by atoms with E-state index in [1.807, 2.05) is 0 Å². The van der Waals surface area contributed by atoms with E-state index in [1.54, 1.807) is 0 Å². The second-order valence-corrected chi connectivity index (χ2v) is 5.66. The Bertz CT molecular complexity index is 391. The predicted molar refractivity (Wildman–Crippen MR) is 80.2 cm³/mol. The van der Waals surface area contributed by atoms with Gasteiger partial charge in [-0.3, -0.25) is 9.88 Å². The monoisotopic (exact) mass is 261 g/mol. The lowest BCUT2D eigenvalue weighted by Crippen LogP contribution is -2.55. The van der Waals surface area contributed by atoms with Crippen LogP contribution in [-0.4, -0.2) is 35.1 Å². The molecule has 2 atom stereocenters. The van der Waals surface area contributed by atoms with Gasteiger partial charge in [-0.05, 0) is 31.9 Å². The quantitative estimate of drug-likeness (QED) is 0.883. The van der Waals surface area contributed by atoms with E-state index in [9.17, 15) is 0 Å². The molecule has 106 valence electrons. The zero-order valence-electron chi connectivity index (χ0n) is 12.5. The van der Waals surface area contributed by atoms with Crippen molar-refractivity contribution in [2.24, 2.45) is 0 Å². The average Bonchev–Trinajstić information content (AvgIpc) is 2.41. The molecule has 0 saturated carbocycles. The molecular formula is C16H27N3. The topological polar surface area (TPSA) is 28.2 Å². The Balaban J connectivity index is 2.04. The molecule has 2 rings (SSSR count). The first-order valence-electron chi connectivity index (χ1n) is 7.62. The molecule has 0 aliphatic carbocycles. The highest BCUT2D eigenvalue weighted by Gasteiger charge is 2.26. The lowest BCUT2D eigenvalue weighted by molar-refractivity contribution is 0.112. The van der Waals surface area contributed by atoms with Gasteiger partial charge in [0.2, 0.25) is 0 Å². The van der Waals surface area contributed by atoms with E-state index in [0.29, 0.717) is 12.1 Å². The molecule has 1 aliphatic heterocycles. The summed E-state index contributed by atoms with van der Waals surface area (Å²) in [6, 6.07) is 7.64. The Hall–Kier alpha value is -0.930. The van der Waals surface area contributed by atoms with Crippen molar-refractivity contribution in [2.75, 3.05) is 13.1 Å². The minimum atomic E-state index is 0.637. The van der Waals surface area contributed by atoms with Gasteiger partial charge >= 0.3 is 0 Å². The normalized spacial score (nSPS) is 24.6. The smallest absolute Gasteiger partial charge is 0.0547 e. The maximum absolute atomic E-state index is 4.65. The molecular weight excluding hydrogens is 234 g/mol. The van der Waals surface area contributed by atoms with E-state index >= 15 is 0 Å². The van der Waals surface area contributed by atoms with Crippen molar-refractivity contribution < 1.29 is 0 Å². The van der Waals surface area contributed by atoms with Gasteiger partial charge in [-0.15, -0.1) is 0 Å². The summed E-state index contributed by atoms with van der Waals surface area (Å²) >= 11 is 0. The van der Waals surface area contributed by atoms with Gasteiger partial charge in [-0.2, -0.15) is 0 Å². The Morgan fingerprint density at radius 2 is 2.21 bits per heavy atom. The molecule has 0 bridgehead atoms. The van der Waals surface area contributed by atoms with Crippen molar-refractivity contribution in [2.45, 2.75) is 58.7 Å². The highest BCUT2D eigenvalue weighted by atomic mass is 15.2. The van der Waals surface area contributed by atoms with E-state index in [-0.39, 0.29) is 0 Å². The third kappa shape index (κ3) is 4.02. The van der Waals surface area contributed by atoms with Crippen molar-refractivity contribution in [1.82, 2.24) is 15.2 Å². The summed E-state index contributed by atoms with van der Waals surface area (Å²) in [5.74, 6) is 0. The van der Waals surface area contributed by atoms with E-state index in [1.165, 1.54) is 25.0 Å². The average molecular weight is 261 g/mol. The van der Waals surface area contributed by atoms with Crippen LogP contribution >= 0.6 is 0 Å². The SMILES string of the molecule is CCCC1CNC(CC)CN1Cc1cccc(C)n1. The standard InChI is InChI=1S/C16H27N3/c1-4-7-16-10-17-14(5-2)11-19(16)12-15-9-6-8-13(3)18-15/h6,8-9,14,16-17H,4-5,7,10-12H2,1-3H3. The zero-order chi connectivity index (χ0) is 13.7. The molecule has 1 N–H and O–H groups in total. The molecule has 1 aliphatic rings. The number of nitrogens with one attached hydrogen (secondary N) is 1. The van der Waals surface area contributed by atoms with Gasteiger partial charge < -0.3 is 5.32 Å². The molecule has 1 aromatic rings. The third-order valence-corrected chi connectivity index (χ3v) is 4.04. The van der Waals surface area contributed by atoms with Gasteiger partial charge in [0.25, 0.3) is 0 Å². The van der Waals surface area contributed by atoms with Crippen LogP contribution in [-0.2, 0) is 6.54 Å². The summed E-state index contributed by atoms with van der Waals surface area (Å²) in [7, 11) is 0. The minimum absolute atomic E-state index is 0.637. The molecule has 0 spiro atoms. The maximum Gasteiger partial charge on any atom is 0.0547 e. The summed E-state index contributed by atoms with van der Waals surface area (Å²) < 4.78 is 0. The summed E-state index contributed by atoms with van der Waals surface area (Å²) in [4.78, 5) is 7.27. The van der Waals surface area contributed by atoms with Gasteiger partial charge in [-0.1, -0.05) is 26.3 Å².